The number of hydrogen-bond acceptors (Lipinski definition) is 22. The van der Waals surface area contributed by atoms with Crippen LogP contribution < -0.4 is 4.74 Å². The number of thioether (sulfide) groups is 2. The molecule has 7 rings (SSSR count). The Morgan fingerprint density at radius 2 is 1.09 bits per heavy atom. The minimum absolute atomic E-state index is 0.0289. The van der Waals surface area contributed by atoms with E-state index in [1.807, 2.05) is 6.07 Å². The first kappa shape index (κ1) is 62.8. The van der Waals surface area contributed by atoms with Gasteiger partial charge in [-0.15, -0.1) is 44.0 Å². The maximum Gasteiger partial charge on any atom is 0.294 e. The molecule has 5 aromatic carbocycles. The van der Waals surface area contributed by atoms with Crippen LogP contribution in [0, 0.1) is 39.0 Å². The van der Waals surface area contributed by atoms with E-state index in [0.717, 1.165) is 12.1 Å². The lowest BCUT2D eigenvalue weighted by Gasteiger charge is -2.12. The Balaban J connectivity index is 1.25. The minimum atomic E-state index is -4.62. The molecule has 32 heteroatoms. The fraction of sp³-hybridized carbons (Fsp3) is 0.280. The number of nitriles is 1. The highest BCUT2D eigenvalue weighted by molar-refractivity contribution is 7.99. The van der Waals surface area contributed by atoms with Crippen LogP contribution in [0.5, 0.6) is 11.6 Å². The molecule has 0 aliphatic carbocycles. The monoisotopic (exact) mass is 1260 g/mol. The van der Waals surface area contributed by atoms with Crippen molar-refractivity contribution >= 4 is 138 Å². The molecule has 0 bridgehead atoms. The number of pyridine rings is 1. The summed E-state index contributed by atoms with van der Waals surface area (Å²) in [6.45, 7) is 6.65. The van der Waals surface area contributed by atoms with Gasteiger partial charge < -0.3 is 9.84 Å². The van der Waals surface area contributed by atoms with E-state index in [9.17, 15) is 62.3 Å². The van der Waals surface area contributed by atoms with Crippen molar-refractivity contribution < 1.29 is 61.7 Å². The third-order valence-electron chi connectivity index (χ3n) is 11.8. The number of benzene rings is 5. The normalized spacial score (nSPS) is 12.8. The number of imidazole rings is 1. The second kappa shape index (κ2) is 26.6. The van der Waals surface area contributed by atoms with E-state index < -0.39 is 68.5 Å². The quantitative estimate of drug-likeness (QED) is 0.0154. The molecule has 0 spiro atoms. The summed E-state index contributed by atoms with van der Waals surface area (Å²) in [5, 5.41) is 58.2. The molecule has 2 heterocycles. The summed E-state index contributed by atoms with van der Waals surface area (Å²) in [7, 11) is -17.4. The van der Waals surface area contributed by atoms with Crippen molar-refractivity contribution in [1.29, 1.82) is 5.26 Å². The van der Waals surface area contributed by atoms with Gasteiger partial charge in [0.25, 0.3) is 40.5 Å². The van der Waals surface area contributed by atoms with Crippen LogP contribution in [0.15, 0.2) is 134 Å². The molecule has 25 nitrogen and oxygen atoms in total. The number of ether oxygens (including phenoxy) is 1. The first-order valence-corrected chi connectivity index (χ1v) is 32.8. The first-order chi connectivity index (χ1) is 38.6. The van der Waals surface area contributed by atoms with E-state index in [2.05, 4.69) is 45.9 Å². The standard InChI is InChI=1S/C50H50ClN11O14S6/c1-29-21-41(58-61-48-32(4)36(28-52)49-53-40-24-35(82(73,74)75)13-14-44(40)62(49)50(48)63)45(76-15-5-6-18-79(64,65)66)25-37(29)56-59-42-23-31(3)39(27-47(42)78-17-8-20-81(70,71)72)57-60-43-22-30(2)38(55-54-34-11-9-33(51)10-12-34)26-46(43)77-16-7-19-80(67,68)69/h9-14,21-27,63H,5-8,15-20H2,1-4H3,(H,64,65,66)(H,67,68,69)(H,70,71,72)(H,73,74,75). The SMILES string of the molecule is Cc1cc(N=Nc2cc(SCCCS(=O)(=O)O)c(N=Nc3cc(OCCCCS(=O)(=O)O)c(N=Nc4c(C)c(C#N)c5nc6cc(S(=O)(=O)O)ccc6n5c4O)cc3C)cc2C)c(SCCCS(=O)(=O)O)cc1N=Nc1ccc(Cl)cc1. The van der Waals surface area contributed by atoms with E-state index in [1.165, 1.54) is 47.0 Å². The molecule has 0 aliphatic rings. The number of hydrogen-bond donors (Lipinski definition) is 5. The zero-order chi connectivity index (χ0) is 59.7. The Hall–Kier alpha value is -6.83. The molecule has 0 atom stereocenters. The van der Waals surface area contributed by atoms with Gasteiger partial charge in [0.1, 0.15) is 23.1 Å². The van der Waals surface area contributed by atoms with Gasteiger partial charge in [0.15, 0.2) is 11.3 Å². The Morgan fingerprint density at radius 3 is 1.61 bits per heavy atom. The molecule has 0 amide bonds. The Kier molecular flexibility index (Phi) is 20.4. The van der Waals surface area contributed by atoms with Crippen molar-refractivity contribution in [2.75, 3.05) is 35.4 Å². The van der Waals surface area contributed by atoms with E-state index in [0.29, 0.717) is 59.9 Å². The molecule has 0 aliphatic heterocycles. The Bertz CT molecular complexity index is 4250. The molecule has 0 radical (unpaired) electrons. The number of nitrogens with zero attached hydrogens (tertiary/aromatic N) is 11. The number of aryl methyl sites for hydroxylation is 3. The highest BCUT2D eigenvalue weighted by atomic mass is 35.5. The molecule has 0 unspecified atom stereocenters. The molecule has 0 saturated carbocycles. The lowest BCUT2D eigenvalue weighted by Crippen LogP contribution is -2.06. The molecule has 5 N–H and O–H groups in total. The number of azo groups is 4. The maximum absolute atomic E-state index is 11.9. The van der Waals surface area contributed by atoms with Crippen molar-refractivity contribution in [2.24, 2.45) is 40.9 Å². The number of unbranched alkanes of at least 4 members (excludes halogenated alkanes) is 1. The van der Waals surface area contributed by atoms with Gasteiger partial charge in [-0.1, -0.05) is 11.6 Å². The minimum Gasteiger partial charge on any atom is -0.493 e. The Labute approximate surface area is 484 Å². The number of aromatic hydroxyl groups is 1. The van der Waals surface area contributed by atoms with Crippen LogP contribution in [0.1, 0.15) is 53.5 Å². The maximum atomic E-state index is 11.9. The van der Waals surface area contributed by atoms with Gasteiger partial charge in [-0.3, -0.25) is 22.6 Å². The van der Waals surface area contributed by atoms with Crippen LogP contribution in [0.2, 0.25) is 5.02 Å². The summed E-state index contributed by atoms with van der Waals surface area (Å²) in [4.78, 5) is 4.95. The topological polar surface area (TPSA) is 387 Å². The number of aromatic nitrogens is 2. The Morgan fingerprint density at radius 1 is 0.598 bits per heavy atom. The van der Waals surface area contributed by atoms with Crippen LogP contribution in [0.3, 0.4) is 0 Å². The lowest BCUT2D eigenvalue weighted by molar-refractivity contribution is 0.310. The fourth-order valence-electron chi connectivity index (χ4n) is 7.66. The summed E-state index contributed by atoms with van der Waals surface area (Å²) in [5.74, 6) is -1.46. The molecular formula is C50H50ClN11O14S6. The van der Waals surface area contributed by atoms with Crippen LogP contribution in [-0.4, -0.2) is 102 Å². The predicted molar refractivity (Wildman–Crippen MR) is 310 cm³/mol. The zero-order valence-corrected chi connectivity index (χ0v) is 49.4. The molecular weight excluding hydrogens is 1210 g/mol. The van der Waals surface area contributed by atoms with Gasteiger partial charge in [-0.05, 0) is 154 Å². The van der Waals surface area contributed by atoms with E-state index in [4.69, 9.17) is 16.3 Å². The fourth-order valence-corrected chi connectivity index (χ4v) is 12.1. The largest absolute Gasteiger partial charge is 0.493 e. The second-order valence-electron chi connectivity index (χ2n) is 18.1. The first-order valence-electron chi connectivity index (χ1n) is 24.2. The van der Waals surface area contributed by atoms with Crippen molar-refractivity contribution in [3.8, 4) is 17.7 Å². The molecule has 7 aromatic rings. The summed E-state index contributed by atoms with van der Waals surface area (Å²) in [6, 6.07) is 22.1. The molecule has 82 heavy (non-hydrogen) atoms. The molecule has 2 aromatic heterocycles. The van der Waals surface area contributed by atoms with Crippen LogP contribution in [-0.2, 0) is 40.5 Å². The molecule has 0 fully saturated rings. The smallest absolute Gasteiger partial charge is 0.294 e. The van der Waals surface area contributed by atoms with Gasteiger partial charge in [-0.25, -0.2) is 4.98 Å². The molecule has 432 valence electrons. The number of rotatable bonds is 25. The summed E-state index contributed by atoms with van der Waals surface area (Å²) < 4.78 is 138. The third-order valence-corrected chi connectivity index (χ3v) is 17.6. The van der Waals surface area contributed by atoms with E-state index in [1.54, 1.807) is 75.4 Å². The van der Waals surface area contributed by atoms with Gasteiger partial charge in [0, 0.05) is 26.4 Å². The average Bonchev–Trinajstić information content (AvgIpc) is 3.96. The average molecular weight is 1260 g/mol. The van der Waals surface area contributed by atoms with Crippen LogP contribution in [0.4, 0.5) is 45.5 Å². The third kappa shape index (κ3) is 17.1. The van der Waals surface area contributed by atoms with Crippen molar-refractivity contribution in [3.63, 3.8) is 0 Å². The number of fused-ring (bicyclic) bond motifs is 3. The van der Waals surface area contributed by atoms with Gasteiger partial charge in [0.05, 0.1) is 73.9 Å². The summed E-state index contributed by atoms with van der Waals surface area (Å²) in [5.41, 5.74) is 4.36. The van der Waals surface area contributed by atoms with Gasteiger partial charge in [-0.2, -0.15) is 59.4 Å². The van der Waals surface area contributed by atoms with Crippen molar-refractivity contribution in [2.45, 2.75) is 68.1 Å². The highest BCUT2D eigenvalue weighted by Gasteiger charge is 2.23. The second-order valence-corrected chi connectivity index (χ2v) is 26.9. The van der Waals surface area contributed by atoms with Crippen molar-refractivity contribution in [1.82, 2.24) is 9.38 Å². The predicted octanol–water partition coefficient (Wildman–Crippen LogP) is 13.6. The van der Waals surface area contributed by atoms with E-state index in [-0.39, 0.29) is 94.4 Å². The highest BCUT2D eigenvalue weighted by Crippen LogP contribution is 2.44. The number of halogens is 1. The van der Waals surface area contributed by atoms with Crippen molar-refractivity contribution in [3.05, 3.63) is 112 Å². The summed E-state index contributed by atoms with van der Waals surface area (Å²) in [6.07, 6.45) is 0.382. The lowest BCUT2D eigenvalue weighted by atomic mass is 10.1. The van der Waals surface area contributed by atoms with E-state index >= 15 is 0 Å². The van der Waals surface area contributed by atoms with Crippen LogP contribution >= 0.6 is 35.1 Å². The zero-order valence-electron chi connectivity index (χ0n) is 43.7. The summed E-state index contributed by atoms with van der Waals surface area (Å²) >= 11 is 8.51. The molecule has 0 saturated heterocycles. The van der Waals surface area contributed by atoms with Gasteiger partial charge in [0.2, 0.25) is 5.88 Å². The van der Waals surface area contributed by atoms with Crippen LogP contribution in [0.25, 0.3) is 16.7 Å². The van der Waals surface area contributed by atoms with Gasteiger partial charge >= 0.3 is 0 Å².